The minimum Gasteiger partial charge on any atom is -0.236 e. The van der Waals surface area contributed by atoms with Gasteiger partial charge in [-0.3, -0.25) is 0 Å². The molecular formula is C16H15NO2S2. The maximum absolute atomic E-state index is 11.5. The maximum Gasteiger partial charge on any atom is 0.175 e. The van der Waals surface area contributed by atoms with Gasteiger partial charge in [-0.2, -0.15) is 0 Å². The van der Waals surface area contributed by atoms with Gasteiger partial charge in [0.15, 0.2) is 9.84 Å². The second kappa shape index (κ2) is 4.93. The molecule has 0 unspecified atom stereocenters. The molecule has 0 saturated heterocycles. The lowest BCUT2D eigenvalue weighted by Crippen LogP contribution is -1.96. The molecule has 0 radical (unpaired) electrons. The highest BCUT2D eigenvalue weighted by Crippen LogP contribution is 2.33. The van der Waals surface area contributed by atoms with E-state index in [-0.39, 0.29) is 0 Å². The molecule has 2 aromatic carbocycles. The fourth-order valence-electron chi connectivity index (χ4n) is 2.23. The molecule has 1 heterocycles. The van der Waals surface area contributed by atoms with Crippen molar-refractivity contribution in [3.05, 3.63) is 47.5 Å². The second-order valence-electron chi connectivity index (χ2n) is 5.19. The predicted octanol–water partition coefficient (Wildman–Crippen LogP) is 3.98. The summed E-state index contributed by atoms with van der Waals surface area (Å²) in [5, 5.41) is 0.919. The molecule has 0 atom stereocenters. The average molecular weight is 317 g/mol. The van der Waals surface area contributed by atoms with E-state index in [2.05, 4.69) is 26.0 Å². The third-order valence-corrected chi connectivity index (χ3v) is 5.84. The van der Waals surface area contributed by atoms with Gasteiger partial charge >= 0.3 is 0 Å². The lowest BCUT2D eigenvalue weighted by molar-refractivity contribution is 0.602. The Kier molecular flexibility index (Phi) is 3.34. The Morgan fingerprint density at radius 1 is 0.952 bits per heavy atom. The first-order valence-corrected chi connectivity index (χ1v) is 9.24. The molecule has 0 spiro atoms. The number of aryl methyl sites for hydroxylation is 2. The van der Waals surface area contributed by atoms with Crippen LogP contribution in [0.4, 0.5) is 0 Å². The number of sulfone groups is 1. The minimum atomic E-state index is -3.16. The maximum atomic E-state index is 11.5. The summed E-state index contributed by atoms with van der Waals surface area (Å²) in [6.07, 6.45) is 1.21. The molecular weight excluding hydrogens is 302 g/mol. The number of fused-ring (bicyclic) bond motifs is 1. The Labute approximate surface area is 128 Å². The van der Waals surface area contributed by atoms with Crippen LogP contribution in [0, 0.1) is 13.8 Å². The highest BCUT2D eigenvalue weighted by atomic mass is 32.2. The summed E-state index contributed by atoms with van der Waals surface area (Å²) in [7, 11) is -3.16. The molecule has 0 fully saturated rings. The second-order valence-corrected chi connectivity index (χ2v) is 8.21. The Bertz CT molecular complexity index is 884. The Morgan fingerprint density at radius 2 is 1.57 bits per heavy atom. The molecule has 0 bridgehead atoms. The number of hydrogen-bond acceptors (Lipinski definition) is 4. The van der Waals surface area contributed by atoms with Gasteiger partial charge in [-0.25, -0.2) is 13.4 Å². The lowest BCUT2D eigenvalue weighted by atomic mass is 10.1. The first-order chi connectivity index (χ1) is 9.86. The van der Waals surface area contributed by atoms with Crippen LogP contribution in [0.1, 0.15) is 11.1 Å². The van der Waals surface area contributed by atoms with Crippen molar-refractivity contribution < 1.29 is 8.42 Å². The molecule has 0 saturated carbocycles. The molecule has 5 heteroatoms. The van der Waals surface area contributed by atoms with Crippen molar-refractivity contribution in [1.82, 2.24) is 4.98 Å². The summed E-state index contributed by atoms with van der Waals surface area (Å²) < 4.78 is 24.2. The Balaban J connectivity index is 2.13. The van der Waals surface area contributed by atoms with Gasteiger partial charge in [0.05, 0.1) is 15.1 Å². The van der Waals surface area contributed by atoms with Crippen molar-refractivity contribution in [3.8, 4) is 10.6 Å². The third-order valence-electron chi connectivity index (χ3n) is 3.47. The van der Waals surface area contributed by atoms with E-state index in [0.717, 1.165) is 21.7 Å². The third kappa shape index (κ3) is 2.59. The highest BCUT2D eigenvalue weighted by molar-refractivity contribution is 7.90. The van der Waals surface area contributed by atoms with E-state index >= 15 is 0 Å². The summed E-state index contributed by atoms with van der Waals surface area (Å²) >= 11 is 1.64. The molecule has 21 heavy (non-hydrogen) atoms. The standard InChI is InChI=1S/C16H15NO2S2/c1-10-4-5-11(2)15-14(10)17-16(20-15)12-6-8-13(9-7-12)21(3,18)19/h4-9H,1-3H3. The number of thiazole rings is 1. The zero-order valence-electron chi connectivity index (χ0n) is 12.0. The van der Waals surface area contributed by atoms with Crippen molar-refractivity contribution in [3.63, 3.8) is 0 Å². The lowest BCUT2D eigenvalue weighted by Gasteiger charge is -1.99. The summed E-state index contributed by atoms with van der Waals surface area (Å²) in [5.74, 6) is 0. The van der Waals surface area contributed by atoms with Crippen LogP contribution < -0.4 is 0 Å². The summed E-state index contributed by atoms with van der Waals surface area (Å²) in [4.78, 5) is 5.04. The minimum absolute atomic E-state index is 0.333. The van der Waals surface area contributed by atoms with Gasteiger partial charge in [0.2, 0.25) is 0 Å². The molecule has 0 aliphatic carbocycles. The zero-order valence-corrected chi connectivity index (χ0v) is 13.7. The first-order valence-electron chi connectivity index (χ1n) is 6.53. The van der Waals surface area contributed by atoms with Crippen molar-refractivity contribution in [2.75, 3.05) is 6.26 Å². The molecule has 3 aromatic rings. The van der Waals surface area contributed by atoms with Crippen molar-refractivity contribution in [2.24, 2.45) is 0 Å². The largest absolute Gasteiger partial charge is 0.236 e. The van der Waals surface area contributed by atoms with Crippen LogP contribution in [0.15, 0.2) is 41.3 Å². The average Bonchev–Trinajstić information content (AvgIpc) is 2.89. The fraction of sp³-hybridized carbons (Fsp3) is 0.188. The number of aromatic nitrogens is 1. The van der Waals surface area contributed by atoms with E-state index in [9.17, 15) is 8.42 Å². The summed E-state index contributed by atoms with van der Waals surface area (Å²) in [5.41, 5.74) is 4.35. The van der Waals surface area contributed by atoms with Crippen LogP contribution in [0.2, 0.25) is 0 Å². The van der Waals surface area contributed by atoms with Crippen LogP contribution in [0.25, 0.3) is 20.8 Å². The first kappa shape index (κ1) is 14.2. The fourth-order valence-corrected chi connectivity index (χ4v) is 3.97. The van der Waals surface area contributed by atoms with Gasteiger partial charge in [0, 0.05) is 11.8 Å². The van der Waals surface area contributed by atoms with Crippen molar-refractivity contribution in [1.29, 1.82) is 0 Å². The van der Waals surface area contributed by atoms with Crippen molar-refractivity contribution >= 4 is 31.4 Å². The number of hydrogen-bond donors (Lipinski definition) is 0. The van der Waals surface area contributed by atoms with E-state index < -0.39 is 9.84 Å². The van der Waals surface area contributed by atoms with E-state index in [0.29, 0.717) is 4.90 Å². The van der Waals surface area contributed by atoms with Gasteiger partial charge in [-0.1, -0.05) is 24.3 Å². The van der Waals surface area contributed by atoms with Gasteiger partial charge in [-0.15, -0.1) is 11.3 Å². The zero-order chi connectivity index (χ0) is 15.2. The van der Waals surface area contributed by atoms with Crippen LogP contribution >= 0.6 is 11.3 Å². The van der Waals surface area contributed by atoms with Crippen molar-refractivity contribution in [2.45, 2.75) is 18.7 Å². The Hall–Kier alpha value is -1.72. The molecule has 0 N–H and O–H groups in total. The SMILES string of the molecule is Cc1ccc(C)c2sc(-c3ccc(S(C)(=O)=O)cc3)nc12. The molecule has 3 rings (SSSR count). The summed E-state index contributed by atoms with van der Waals surface area (Å²) in [6.45, 7) is 4.13. The predicted molar refractivity (Wildman–Crippen MR) is 87.6 cm³/mol. The molecule has 0 aliphatic rings. The van der Waals surface area contributed by atoms with Gasteiger partial charge in [0.1, 0.15) is 5.01 Å². The van der Waals surface area contributed by atoms with E-state index in [1.54, 1.807) is 23.5 Å². The Morgan fingerprint density at radius 3 is 2.14 bits per heavy atom. The van der Waals surface area contributed by atoms with Crippen LogP contribution in [0.5, 0.6) is 0 Å². The van der Waals surface area contributed by atoms with Crippen LogP contribution in [-0.2, 0) is 9.84 Å². The quantitative estimate of drug-likeness (QED) is 0.718. The molecule has 108 valence electrons. The van der Waals surface area contributed by atoms with Gasteiger partial charge in [0.25, 0.3) is 0 Å². The molecule has 1 aromatic heterocycles. The van der Waals surface area contributed by atoms with E-state index in [4.69, 9.17) is 4.98 Å². The molecule has 0 aliphatic heterocycles. The van der Waals surface area contributed by atoms with Crippen LogP contribution in [-0.4, -0.2) is 19.7 Å². The van der Waals surface area contributed by atoms with Gasteiger partial charge < -0.3 is 0 Å². The number of nitrogens with zero attached hydrogens (tertiary/aromatic N) is 1. The number of benzene rings is 2. The number of rotatable bonds is 2. The topological polar surface area (TPSA) is 47.0 Å². The monoisotopic (exact) mass is 317 g/mol. The van der Waals surface area contributed by atoms with E-state index in [1.165, 1.54) is 16.5 Å². The smallest absolute Gasteiger partial charge is 0.175 e. The molecule has 3 nitrogen and oxygen atoms in total. The molecule has 0 amide bonds. The van der Waals surface area contributed by atoms with Gasteiger partial charge in [-0.05, 0) is 37.1 Å². The highest BCUT2D eigenvalue weighted by Gasteiger charge is 2.11. The van der Waals surface area contributed by atoms with E-state index in [1.807, 2.05) is 12.1 Å². The normalized spacial score (nSPS) is 12.0. The summed E-state index contributed by atoms with van der Waals surface area (Å²) in [6, 6.07) is 11.1. The van der Waals surface area contributed by atoms with Crippen LogP contribution in [0.3, 0.4) is 0 Å².